The highest BCUT2D eigenvalue weighted by atomic mass is 16.4. The van der Waals surface area contributed by atoms with Crippen LogP contribution in [0.15, 0.2) is 18.2 Å². The molecule has 1 aromatic rings. The van der Waals surface area contributed by atoms with Crippen molar-refractivity contribution >= 4 is 5.97 Å². The molecule has 9 unspecified atom stereocenters. The van der Waals surface area contributed by atoms with Crippen molar-refractivity contribution in [2.75, 3.05) is 6.54 Å². The number of hydrogen-bond donors (Lipinski definition) is 7. The first kappa shape index (κ1) is 33.4. The zero-order valence-corrected chi connectivity index (χ0v) is 26.9. The molecule has 0 saturated carbocycles. The van der Waals surface area contributed by atoms with Crippen molar-refractivity contribution in [3.63, 3.8) is 0 Å². The molecule has 8 N–H and O–H groups in total. The van der Waals surface area contributed by atoms with Crippen LogP contribution in [0.25, 0.3) is 0 Å². The van der Waals surface area contributed by atoms with Crippen LogP contribution in [-0.4, -0.2) is 69.4 Å². The van der Waals surface area contributed by atoms with Crippen LogP contribution in [0.3, 0.4) is 0 Å². The monoisotopic (exact) mass is 608 g/mol. The van der Waals surface area contributed by atoms with E-state index < -0.39 is 11.6 Å². The van der Waals surface area contributed by atoms with Crippen LogP contribution in [0.4, 0.5) is 0 Å². The molecule has 44 heavy (non-hydrogen) atoms. The zero-order valence-electron chi connectivity index (χ0n) is 26.9. The molecular formula is C36H56N4O4. The molecule has 0 aromatic heterocycles. The number of rotatable bonds is 5. The molecule has 0 radical (unpaired) electrons. The minimum Gasteiger partial charge on any atom is -0.481 e. The van der Waals surface area contributed by atoms with Crippen molar-refractivity contribution < 1.29 is 20.1 Å². The second kappa shape index (κ2) is 14.6. The van der Waals surface area contributed by atoms with Crippen molar-refractivity contribution in [3.8, 4) is 11.8 Å². The van der Waals surface area contributed by atoms with Gasteiger partial charge in [-0.1, -0.05) is 42.9 Å². The molecule has 2 saturated heterocycles. The molecule has 3 heterocycles. The summed E-state index contributed by atoms with van der Waals surface area (Å²) in [5.41, 5.74) is 8.69. The number of nitrogens with two attached hydrogens (primary N) is 1. The quantitative estimate of drug-likeness (QED) is 0.252. The Morgan fingerprint density at radius 1 is 1.07 bits per heavy atom. The number of nitrogens with one attached hydrogen (secondary N) is 3. The van der Waals surface area contributed by atoms with Crippen LogP contribution < -0.4 is 21.7 Å². The number of carbonyl (C=O) groups is 1. The standard InChI is InChI=1S/C36H56N4O4/c1-24-32(41)15-14-29(39-24)13-12-26-8-3-6-25-7-4-11-31-27(18-26)9-5-10-28(31)19-30-20-35(2,21-33(37)40-30)38-23-36(44,17-16-25)22-34(42)43/h5,9-10,24-26,29-30,32-33,38-41,44H,3,6-8,12-23,37H2,1-2H3,(H,42,43). The Bertz CT molecular complexity index is 1200. The summed E-state index contributed by atoms with van der Waals surface area (Å²) in [5.74, 6) is 7.08. The second-order valence-electron chi connectivity index (χ2n) is 15.0. The molecule has 0 spiro atoms. The molecule has 8 nitrogen and oxygen atoms in total. The van der Waals surface area contributed by atoms with E-state index in [9.17, 15) is 20.1 Å². The molecule has 9 atom stereocenters. The summed E-state index contributed by atoms with van der Waals surface area (Å²) in [6, 6.07) is 7.44. The lowest BCUT2D eigenvalue weighted by Gasteiger charge is -2.44. The number of β-amino-alcohol motifs (C(OH)–C–C–N with tert-alkyl or cyclic N) is 1. The number of carboxylic acid groups (broad SMARTS) is 1. The SMILES string of the molecule is CC1NC(CCC2CCCC3CC#Cc4c(cccc4CC4CC(C)(CC(N)N4)NCC(O)(CC(=O)O)CC3)C2)CCC1O. The predicted molar refractivity (Wildman–Crippen MR) is 174 cm³/mol. The Hall–Kier alpha value is -1.99. The van der Waals surface area contributed by atoms with E-state index in [4.69, 9.17) is 5.73 Å². The fourth-order valence-electron chi connectivity index (χ4n) is 8.44. The summed E-state index contributed by atoms with van der Waals surface area (Å²) in [6.45, 7) is 4.48. The maximum absolute atomic E-state index is 11.9. The highest BCUT2D eigenvalue weighted by Crippen LogP contribution is 2.33. The van der Waals surface area contributed by atoms with E-state index in [1.54, 1.807) is 0 Å². The van der Waals surface area contributed by atoms with Crippen LogP contribution in [0.5, 0.6) is 0 Å². The number of aliphatic hydroxyl groups is 2. The maximum Gasteiger partial charge on any atom is 0.306 e. The number of fused-ring (bicyclic) bond motifs is 4. The van der Waals surface area contributed by atoms with E-state index in [0.717, 1.165) is 77.0 Å². The van der Waals surface area contributed by atoms with Crippen LogP contribution in [0.2, 0.25) is 0 Å². The van der Waals surface area contributed by atoms with E-state index in [1.165, 1.54) is 16.7 Å². The van der Waals surface area contributed by atoms with Crippen molar-refractivity contribution in [2.24, 2.45) is 17.6 Å². The van der Waals surface area contributed by atoms with Gasteiger partial charge in [0.05, 0.1) is 24.3 Å². The molecular weight excluding hydrogens is 552 g/mol. The molecule has 3 aliphatic heterocycles. The number of carboxylic acids is 1. The normalized spacial score (nSPS) is 38.4. The van der Waals surface area contributed by atoms with Crippen LogP contribution >= 0.6 is 0 Å². The number of hydrogen-bond acceptors (Lipinski definition) is 7. The van der Waals surface area contributed by atoms with Gasteiger partial charge >= 0.3 is 5.97 Å². The largest absolute Gasteiger partial charge is 0.481 e. The summed E-state index contributed by atoms with van der Waals surface area (Å²) in [4.78, 5) is 11.9. The molecule has 1 aliphatic carbocycles. The number of benzene rings is 1. The fraction of sp³-hybridized carbons (Fsp3) is 0.750. The first-order valence-electron chi connectivity index (χ1n) is 17.2. The Labute approximate surface area is 264 Å². The van der Waals surface area contributed by atoms with Gasteiger partial charge in [-0.05, 0) is 107 Å². The average Bonchev–Trinajstić information content (AvgIpc) is 2.98. The van der Waals surface area contributed by atoms with E-state index in [2.05, 4.69) is 59.8 Å². The highest BCUT2D eigenvalue weighted by molar-refractivity contribution is 5.68. The Morgan fingerprint density at radius 3 is 2.64 bits per heavy atom. The molecule has 0 amide bonds. The summed E-state index contributed by atoms with van der Waals surface area (Å²) in [5, 5.41) is 42.4. The summed E-state index contributed by atoms with van der Waals surface area (Å²) in [6.07, 6.45) is 12.0. The van der Waals surface area contributed by atoms with Crippen molar-refractivity contribution in [1.82, 2.24) is 16.0 Å². The third kappa shape index (κ3) is 9.05. The van der Waals surface area contributed by atoms with Crippen molar-refractivity contribution in [3.05, 3.63) is 34.9 Å². The topological polar surface area (TPSA) is 140 Å². The van der Waals surface area contributed by atoms with E-state index in [-0.39, 0.29) is 42.9 Å². The molecule has 5 rings (SSSR count). The van der Waals surface area contributed by atoms with Gasteiger partial charge in [-0.2, -0.15) is 0 Å². The van der Waals surface area contributed by atoms with Gasteiger partial charge in [-0.25, -0.2) is 0 Å². The van der Waals surface area contributed by atoms with Gasteiger partial charge in [0.25, 0.3) is 0 Å². The second-order valence-corrected chi connectivity index (χ2v) is 15.0. The van der Waals surface area contributed by atoms with Gasteiger partial charge in [0.15, 0.2) is 0 Å². The molecule has 2 fully saturated rings. The van der Waals surface area contributed by atoms with Crippen molar-refractivity contribution in [1.29, 1.82) is 0 Å². The number of piperidine rings is 2. The average molecular weight is 609 g/mol. The van der Waals surface area contributed by atoms with Crippen LogP contribution in [-0.2, 0) is 17.6 Å². The van der Waals surface area contributed by atoms with Gasteiger partial charge in [0.2, 0.25) is 0 Å². The van der Waals surface area contributed by atoms with Crippen LogP contribution in [0, 0.1) is 23.7 Å². The lowest BCUT2D eigenvalue weighted by molar-refractivity contribution is -0.143. The van der Waals surface area contributed by atoms with Gasteiger partial charge < -0.3 is 31.7 Å². The minimum absolute atomic E-state index is 0.138. The van der Waals surface area contributed by atoms with E-state index in [1.807, 2.05) is 0 Å². The van der Waals surface area contributed by atoms with Gasteiger partial charge in [0, 0.05) is 42.2 Å². The fourth-order valence-corrected chi connectivity index (χ4v) is 8.44. The molecule has 244 valence electrons. The van der Waals surface area contributed by atoms with Gasteiger partial charge in [-0.15, -0.1) is 0 Å². The lowest BCUT2D eigenvalue weighted by atomic mass is 9.79. The first-order chi connectivity index (χ1) is 21.0. The Kier molecular flexibility index (Phi) is 11.1. The summed E-state index contributed by atoms with van der Waals surface area (Å²) >= 11 is 0. The number of aliphatic hydroxyl groups excluding tert-OH is 1. The minimum atomic E-state index is -1.32. The van der Waals surface area contributed by atoms with Gasteiger partial charge in [0.1, 0.15) is 0 Å². The lowest BCUT2D eigenvalue weighted by Crippen LogP contribution is -2.63. The van der Waals surface area contributed by atoms with Gasteiger partial charge in [-0.3, -0.25) is 10.1 Å². The first-order valence-corrected chi connectivity index (χ1v) is 17.2. The molecule has 8 heteroatoms. The third-order valence-electron chi connectivity index (χ3n) is 11.0. The predicted octanol–water partition coefficient (Wildman–Crippen LogP) is 3.60. The maximum atomic E-state index is 11.9. The molecule has 4 aliphatic rings. The molecule has 4 bridgehead atoms. The number of aliphatic carboxylic acids is 1. The van der Waals surface area contributed by atoms with Crippen LogP contribution in [0.1, 0.15) is 114 Å². The van der Waals surface area contributed by atoms with E-state index in [0.29, 0.717) is 30.7 Å². The van der Waals surface area contributed by atoms with E-state index >= 15 is 0 Å². The Morgan fingerprint density at radius 2 is 1.86 bits per heavy atom. The third-order valence-corrected chi connectivity index (χ3v) is 11.0. The summed E-state index contributed by atoms with van der Waals surface area (Å²) < 4.78 is 0. The van der Waals surface area contributed by atoms with Crippen molar-refractivity contribution in [2.45, 2.75) is 152 Å². The smallest absolute Gasteiger partial charge is 0.306 e. The summed E-state index contributed by atoms with van der Waals surface area (Å²) in [7, 11) is 0. The zero-order chi connectivity index (χ0) is 31.3. The molecule has 1 aromatic carbocycles. The Balaban J connectivity index is 1.44. The highest BCUT2D eigenvalue weighted by Gasteiger charge is 2.39.